The molecule has 0 unspecified atom stereocenters. The highest BCUT2D eigenvalue weighted by Crippen LogP contribution is 2.54. The van der Waals surface area contributed by atoms with Crippen molar-refractivity contribution in [3.63, 3.8) is 0 Å². The van der Waals surface area contributed by atoms with Crippen LogP contribution in [0.15, 0.2) is 103 Å². The van der Waals surface area contributed by atoms with E-state index in [1.807, 2.05) is 12.1 Å². The Hall–Kier alpha value is -2.89. The fourth-order valence-corrected chi connectivity index (χ4v) is 8.96. The van der Waals surface area contributed by atoms with Gasteiger partial charge in [-0.3, -0.25) is 0 Å². The SMILES string of the molecule is CC[P+](c1ccccc1)(c1ccccc1)c1ccccc1.Cc1cc(C(C)(C)C)c([O-])c(C(C)(C)C)c1. The number of benzene rings is 4. The molecule has 1 nitrogen and oxygen atoms in total. The quantitative estimate of drug-likeness (QED) is 0.258. The third kappa shape index (κ3) is 6.52. The molecule has 0 aromatic heterocycles. The van der Waals surface area contributed by atoms with Gasteiger partial charge in [-0.1, -0.05) is 114 Å². The minimum absolute atomic E-state index is 0.0803. The summed E-state index contributed by atoms with van der Waals surface area (Å²) in [5.74, 6) is 0.214. The summed E-state index contributed by atoms with van der Waals surface area (Å²) >= 11 is 0. The summed E-state index contributed by atoms with van der Waals surface area (Å²) < 4.78 is 0. The Morgan fingerprint density at radius 3 is 1.11 bits per heavy atom. The lowest BCUT2D eigenvalue weighted by Gasteiger charge is -2.33. The molecule has 0 aliphatic carbocycles. The van der Waals surface area contributed by atoms with Crippen LogP contribution in [-0.2, 0) is 10.8 Å². The second-order valence-corrected chi connectivity index (χ2v) is 15.6. The summed E-state index contributed by atoms with van der Waals surface area (Å²) in [5.41, 5.74) is 2.87. The molecule has 0 spiro atoms. The van der Waals surface area contributed by atoms with Crippen LogP contribution in [0.3, 0.4) is 0 Å². The summed E-state index contributed by atoms with van der Waals surface area (Å²) in [6, 6.07) is 37.0. The summed E-state index contributed by atoms with van der Waals surface area (Å²) in [6.07, 6.45) is 1.14. The first kappa shape index (κ1) is 28.7. The maximum atomic E-state index is 12.4. The van der Waals surface area contributed by atoms with E-state index in [2.05, 4.69) is 146 Å². The van der Waals surface area contributed by atoms with Crippen LogP contribution in [0.4, 0.5) is 0 Å². The highest BCUT2D eigenvalue weighted by molar-refractivity contribution is 7.95. The predicted octanol–water partition coefficient (Wildman–Crippen LogP) is 7.66. The van der Waals surface area contributed by atoms with Gasteiger partial charge in [0, 0.05) is 0 Å². The molecule has 0 atom stereocenters. The second kappa shape index (κ2) is 11.7. The Balaban J connectivity index is 0.000000214. The molecule has 4 aromatic rings. The Morgan fingerprint density at radius 2 is 0.865 bits per heavy atom. The first-order valence-corrected chi connectivity index (χ1v) is 15.3. The van der Waals surface area contributed by atoms with Gasteiger partial charge >= 0.3 is 0 Å². The molecule has 0 fully saturated rings. The van der Waals surface area contributed by atoms with Crippen LogP contribution in [0.1, 0.15) is 65.2 Å². The Labute approximate surface area is 226 Å². The number of rotatable bonds is 4. The molecule has 0 N–H and O–H groups in total. The zero-order chi connectivity index (χ0) is 27.3. The molecule has 0 radical (unpaired) electrons. The average Bonchev–Trinajstić information content (AvgIpc) is 2.87. The minimum atomic E-state index is -1.53. The Kier molecular flexibility index (Phi) is 9.04. The van der Waals surface area contributed by atoms with E-state index in [-0.39, 0.29) is 16.6 Å². The van der Waals surface area contributed by atoms with Crippen molar-refractivity contribution in [2.24, 2.45) is 0 Å². The van der Waals surface area contributed by atoms with Crippen molar-refractivity contribution in [3.05, 3.63) is 120 Å². The first-order chi connectivity index (χ1) is 17.4. The summed E-state index contributed by atoms with van der Waals surface area (Å²) in [5, 5.41) is 16.8. The molecule has 0 saturated heterocycles. The van der Waals surface area contributed by atoms with Gasteiger partial charge in [-0.25, -0.2) is 0 Å². The van der Waals surface area contributed by atoms with Gasteiger partial charge in [-0.2, -0.15) is 0 Å². The lowest BCUT2D eigenvalue weighted by Crippen LogP contribution is -2.32. The summed E-state index contributed by atoms with van der Waals surface area (Å²) in [6.45, 7) is 16.9. The van der Waals surface area contributed by atoms with Crippen molar-refractivity contribution >= 4 is 23.2 Å². The van der Waals surface area contributed by atoms with Crippen LogP contribution in [0, 0.1) is 6.92 Å². The van der Waals surface area contributed by atoms with Gasteiger partial charge < -0.3 is 5.11 Å². The molecule has 0 amide bonds. The van der Waals surface area contributed by atoms with E-state index >= 15 is 0 Å². The van der Waals surface area contributed by atoms with Crippen molar-refractivity contribution in [1.82, 2.24) is 0 Å². The van der Waals surface area contributed by atoms with Crippen LogP contribution in [0.25, 0.3) is 0 Å². The van der Waals surface area contributed by atoms with Gasteiger partial charge in [0.2, 0.25) is 0 Å². The van der Waals surface area contributed by atoms with E-state index in [4.69, 9.17) is 0 Å². The van der Waals surface area contributed by atoms with Gasteiger partial charge in [0.25, 0.3) is 0 Å². The summed E-state index contributed by atoms with van der Waals surface area (Å²) in [4.78, 5) is 0. The molecule has 4 rings (SSSR count). The van der Waals surface area contributed by atoms with Crippen molar-refractivity contribution < 1.29 is 5.11 Å². The van der Waals surface area contributed by atoms with E-state index in [1.165, 1.54) is 21.5 Å². The highest BCUT2D eigenvalue weighted by Gasteiger charge is 2.43. The number of hydrogen-bond acceptors (Lipinski definition) is 1. The van der Waals surface area contributed by atoms with E-state index in [9.17, 15) is 5.11 Å². The fraction of sp³-hybridized carbons (Fsp3) is 0.314. The lowest BCUT2D eigenvalue weighted by atomic mass is 9.78. The summed E-state index contributed by atoms with van der Waals surface area (Å²) in [7, 11) is -1.53. The van der Waals surface area contributed by atoms with Crippen molar-refractivity contribution in [2.75, 3.05) is 6.16 Å². The molecular weight excluding hydrogens is 467 g/mol. The molecule has 194 valence electrons. The molecule has 37 heavy (non-hydrogen) atoms. The molecule has 0 aliphatic rings. The monoisotopic (exact) mass is 510 g/mol. The molecular formula is C35H43OP. The van der Waals surface area contributed by atoms with Gasteiger partial charge in [0.15, 0.2) is 0 Å². The Bertz CT molecular complexity index is 1130. The lowest BCUT2D eigenvalue weighted by molar-refractivity contribution is -0.271. The van der Waals surface area contributed by atoms with Gasteiger partial charge in [-0.05, 0) is 72.2 Å². The molecule has 0 heterocycles. The minimum Gasteiger partial charge on any atom is -0.872 e. The third-order valence-corrected chi connectivity index (χ3v) is 11.4. The number of hydrogen-bond donors (Lipinski definition) is 0. The van der Waals surface area contributed by atoms with Crippen LogP contribution in [0.2, 0.25) is 0 Å². The molecule has 0 bridgehead atoms. The van der Waals surface area contributed by atoms with Crippen LogP contribution in [0.5, 0.6) is 5.75 Å². The average molecular weight is 511 g/mol. The van der Waals surface area contributed by atoms with E-state index in [0.29, 0.717) is 0 Å². The van der Waals surface area contributed by atoms with Crippen LogP contribution < -0.4 is 21.0 Å². The maximum Gasteiger partial charge on any atom is 0.111 e. The predicted molar refractivity (Wildman–Crippen MR) is 164 cm³/mol. The van der Waals surface area contributed by atoms with Crippen molar-refractivity contribution in [3.8, 4) is 5.75 Å². The van der Waals surface area contributed by atoms with Gasteiger partial charge in [0.05, 0.1) is 6.16 Å². The topological polar surface area (TPSA) is 23.1 Å². The van der Waals surface area contributed by atoms with Gasteiger partial charge in [0.1, 0.15) is 23.2 Å². The fourth-order valence-electron chi connectivity index (χ4n) is 4.93. The standard InChI is InChI=1S/C20H20P.C15H24O/c1-2-21(18-12-6-3-7-13-18,19-14-8-4-9-15-19)20-16-10-5-11-17-20;1-10-8-11(14(2,3)4)13(16)12(9-10)15(5,6)7/h3-17H,2H2,1H3;8-9,16H,1-7H3/q+1;/p-1. The number of aryl methyl sites for hydroxylation is 1. The van der Waals surface area contributed by atoms with Crippen molar-refractivity contribution in [2.45, 2.75) is 66.2 Å². The van der Waals surface area contributed by atoms with E-state index in [1.54, 1.807) is 0 Å². The van der Waals surface area contributed by atoms with Crippen molar-refractivity contribution in [1.29, 1.82) is 0 Å². The van der Waals surface area contributed by atoms with Gasteiger partial charge in [-0.15, -0.1) is 5.75 Å². The zero-order valence-electron chi connectivity index (χ0n) is 23.9. The van der Waals surface area contributed by atoms with E-state index in [0.717, 1.165) is 17.3 Å². The Morgan fingerprint density at radius 1 is 0.568 bits per heavy atom. The zero-order valence-corrected chi connectivity index (χ0v) is 24.8. The second-order valence-electron chi connectivity index (χ2n) is 11.8. The molecule has 0 saturated carbocycles. The molecule has 0 aliphatic heterocycles. The first-order valence-electron chi connectivity index (χ1n) is 13.3. The molecule has 4 aromatic carbocycles. The smallest absolute Gasteiger partial charge is 0.111 e. The largest absolute Gasteiger partial charge is 0.872 e. The normalized spacial score (nSPS) is 12.0. The van der Waals surface area contributed by atoms with E-state index < -0.39 is 7.26 Å². The maximum absolute atomic E-state index is 12.4. The third-order valence-electron chi connectivity index (χ3n) is 6.91. The van der Waals surface area contributed by atoms with Crippen LogP contribution in [-0.4, -0.2) is 6.16 Å². The molecule has 2 heteroatoms. The van der Waals surface area contributed by atoms with Crippen LogP contribution >= 0.6 is 7.26 Å². The highest BCUT2D eigenvalue weighted by atomic mass is 31.2.